The smallest absolute Gasteiger partial charge is 0.161 e. The molecule has 0 amide bonds. The van der Waals surface area contributed by atoms with Crippen molar-refractivity contribution in [2.75, 3.05) is 20.8 Å². The third-order valence-corrected chi connectivity index (χ3v) is 4.58. The summed E-state index contributed by atoms with van der Waals surface area (Å²) in [5.74, 6) is 1.43. The molecule has 3 rings (SSSR count). The van der Waals surface area contributed by atoms with Crippen LogP contribution in [-0.4, -0.2) is 30.5 Å². The predicted molar refractivity (Wildman–Crippen MR) is 104 cm³/mol. The maximum atomic E-state index is 5.63. The number of aryl methyl sites for hydroxylation is 1. The van der Waals surface area contributed by atoms with E-state index in [1.54, 1.807) is 14.2 Å². The van der Waals surface area contributed by atoms with E-state index in [-0.39, 0.29) is 0 Å². The summed E-state index contributed by atoms with van der Waals surface area (Å²) in [6.07, 6.45) is 0.883. The number of aromatic nitrogens is 2. The number of nitrogens with zero attached hydrogens (tertiary/aromatic N) is 2. The molecule has 0 radical (unpaired) electrons. The summed E-state index contributed by atoms with van der Waals surface area (Å²) in [5, 5.41) is 4.75. The Morgan fingerprint density at radius 1 is 0.962 bits per heavy atom. The topological polar surface area (TPSA) is 62.3 Å². The molecule has 2 aromatic carbocycles. The van der Waals surface area contributed by atoms with Crippen LogP contribution in [0.15, 0.2) is 42.5 Å². The van der Waals surface area contributed by atoms with E-state index in [0.717, 1.165) is 40.4 Å². The largest absolute Gasteiger partial charge is 0.493 e. The van der Waals surface area contributed by atoms with Gasteiger partial charge < -0.3 is 15.2 Å². The first-order valence-corrected chi connectivity index (χ1v) is 8.67. The van der Waals surface area contributed by atoms with Gasteiger partial charge in [-0.25, -0.2) is 4.68 Å². The second-order valence-corrected chi connectivity index (χ2v) is 6.23. The fourth-order valence-corrected chi connectivity index (χ4v) is 3.27. The van der Waals surface area contributed by atoms with Crippen LogP contribution in [0.1, 0.15) is 17.0 Å². The Morgan fingerprint density at radius 3 is 2.27 bits per heavy atom. The Hall–Kier alpha value is -2.79. The molecule has 5 nitrogen and oxygen atoms in total. The van der Waals surface area contributed by atoms with Crippen molar-refractivity contribution >= 4 is 0 Å². The molecular weight excluding hydrogens is 326 g/mol. The minimum atomic E-state index is 0.655. The Balaban J connectivity index is 2.03. The van der Waals surface area contributed by atoms with E-state index in [2.05, 4.69) is 31.2 Å². The van der Waals surface area contributed by atoms with Gasteiger partial charge >= 0.3 is 0 Å². The molecule has 0 fully saturated rings. The zero-order chi connectivity index (χ0) is 18.7. The van der Waals surface area contributed by atoms with Crippen LogP contribution in [-0.2, 0) is 6.42 Å². The van der Waals surface area contributed by atoms with Crippen molar-refractivity contribution in [1.29, 1.82) is 0 Å². The third kappa shape index (κ3) is 3.30. The van der Waals surface area contributed by atoms with Crippen LogP contribution in [0, 0.1) is 13.8 Å². The number of benzene rings is 2. The molecule has 0 aliphatic rings. The van der Waals surface area contributed by atoms with Crippen LogP contribution >= 0.6 is 0 Å². The lowest BCUT2D eigenvalue weighted by molar-refractivity contribution is 0.355. The summed E-state index contributed by atoms with van der Waals surface area (Å²) in [6.45, 7) is 4.76. The highest BCUT2D eigenvalue weighted by molar-refractivity contribution is 5.72. The van der Waals surface area contributed by atoms with Crippen molar-refractivity contribution in [3.63, 3.8) is 0 Å². The molecule has 0 aliphatic heterocycles. The van der Waals surface area contributed by atoms with Crippen LogP contribution < -0.4 is 15.2 Å². The maximum Gasteiger partial charge on any atom is 0.161 e. The SMILES string of the molecule is COc1ccc(-c2c(C)nn(-c3ccc(CCN)cc3)c2C)cc1OC. The zero-order valence-corrected chi connectivity index (χ0v) is 15.7. The molecule has 0 bridgehead atoms. The van der Waals surface area contributed by atoms with Gasteiger partial charge in [0, 0.05) is 11.3 Å². The molecule has 0 saturated heterocycles. The highest BCUT2D eigenvalue weighted by atomic mass is 16.5. The normalized spacial score (nSPS) is 10.8. The fraction of sp³-hybridized carbons (Fsp3) is 0.286. The highest BCUT2D eigenvalue weighted by Gasteiger charge is 2.16. The first kappa shape index (κ1) is 18.0. The molecule has 0 atom stereocenters. The van der Waals surface area contributed by atoms with Crippen molar-refractivity contribution in [2.45, 2.75) is 20.3 Å². The molecule has 26 heavy (non-hydrogen) atoms. The molecule has 0 spiro atoms. The van der Waals surface area contributed by atoms with Crippen molar-refractivity contribution in [3.05, 3.63) is 59.4 Å². The van der Waals surface area contributed by atoms with Gasteiger partial charge in [-0.15, -0.1) is 0 Å². The van der Waals surface area contributed by atoms with Crippen molar-refractivity contribution in [2.24, 2.45) is 5.73 Å². The summed E-state index contributed by atoms with van der Waals surface area (Å²) < 4.78 is 12.8. The predicted octanol–water partition coefficient (Wildman–Crippen LogP) is 3.67. The van der Waals surface area contributed by atoms with Gasteiger partial charge in [-0.05, 0) is 62.2 Å². The van der Waals surface area contributed by atoms with E-state index in [9.17, 15) is 0 Å². The third-order valence-electron chi connectivity index (χ3n) is 4.58. The van der Waals surface area contributed by atoms with Crippen LogP contribution in [0.4, 0.5) is 0 Å². The summed E-state index contributed by atoms with van der Waals surface area (Å²) in [6, 6.07) is 14.3. The average molecular weight is 351 g/mol. The molecule has 0 aliphatic carbocycles. The zero-order valence-electron chi connectivity index (χ0n) is 15.7. The van der Waals surface area contributed by atoms with E-state index in [0.29, 0.717) is 12.3 Å². The van der Waals surface area contributed by atoms with Gasteiger partial charge in [-0.2, -0.15) is 5.10 Å². The molecule has 1 aromatic heterocycles. The minimum absolute atomic E-state index is 0.655. The van der Waals surface area contributed by atoms with Crippen molar-refractivity contribution < 1.29 is 9.47 Å². The monoisotopic (exact) mass is 351 g/mol. The van der Waals surface area contributed by atoms with E-state index >= 15 is 0 Å². The van der Waals surface area contributed by atoms with Gasteiger partial charge in [0.25, 0.3) is 0 Å². The van der Waals surface area contributed by atoms with Crippen LogP contribution in [0.5, 0.6) is 11.5 Å². The van der Waals surface area contributed by atoms with E-state index in [1.807, 2.05) is 29.8 Å². The number of nitrogens with two attached hydrogens (primary N) is 1. The second kappa shape index (κ2) is 7.62. The lowest BCUT2D eigenvalue weighted by Gasteiger charge is -2.10. The van der Waals surface area contributed by atoms with Gasteiger partial charge in [-0.3, -0.25) is 0 Å². The van der Waals surface area contributed by atoms with Crippen molar-refractivity contribution in [3.8, 4) is 28.3 Å². The minimum Gasteiger partial charge on any atom is -0.493 e. The number of ether oxygens (including phenoxy) is 2. The number of rotatable bonds is 6. The highest BCUT2D eigenvalue weighted by Crippen LogP contribution is 2.35. The molecule has 136 valence electrons. The maximum absolute atomic E-state index is 5.63. The summed E-state index contributed by atoms with van der Waals surface area (Å²) >= 11 is 0. The fourth-order valence-electron chi connectivity index (χ4n) is 3.27. The average Bonchev–Trinajstić information content (AvgIpc) is 2.96. The van der Waals surface area contributed by atoms with Crippen LogP contribution in [0.3, 0.4) is 0 Å². The summed E-state index contributed by atoms with van der Waals surface area (Å²) in [7, 11) is 3.29. The van der Waals surface area contributed by atoms with Crippen LogP contribution in [0.25, 0.3) is 16.8 Å². The lowest BCUT2D eigenvalue weighted by Crippen LogP contribution is -2.03. The Kier molecular flexibility index (Phi) is 5.28. The van der Waals surface area contributed by atoms with Gasteiger partial charge in [0.2, 0.25) is 0 Å². The van der Waals surface area contributed by atoms with Gasteiger partial charge in [0.05, 0.1) is 25.6 Å². The van der Waals surface area contributed by atoms with E-state index in [1.165, 1.54) is 5.56 Å². The first-order valence-electron chi connectivity index (χ1n) is 8.67. The Bertz CT molecular complexity index is 898. The number of hydrogen-bond donors (Lipinski definition) is 1. The standard InChI is InChI=1S/C21H25N3O2/c1-14-21(17-7-10-19(25-3)20(13-17)26-4)15(2)24(23-14)18-8-5-16(6-9-18)11-12-22/h5-10,13H,11-12,22H2,1-4H3. The second-order valence-electron chi connectivity index (χ2n) is 6.23. The summed E-state index contributed by atoms with van der Waals surface area (Å²) in [5.41, 5.74) is 12.1. The van der Waals surface area contributed by atoms with Crippen molar-refractivity contribution in [1.82, 2.24) is 9.78 Å². The van der Waals surface area contributed by atoms with Gasteiger partial charge in [0.1, 0.15) is 0 Å². The van der Waals surface area contributed by atoms with E-state index < -0.39 is 0 Å². The Morgan fingerprint density at radius 2 is 1.65 bits per heavy atom. The van der Waals surface area contributed by atoms with Gasteiger partial charge in [0.15, 0.2) is 11.5 Å². The summed E-state index contributed by atoms with van der Waals surface area (Å²) in [4.78, 5) is 0. The molecule has 0 saturated carbocycles. The first-order chi connectivity index (χ1) is 12.6. The van der Waals surface area contributed by atoms with Gasteiger partial charge in [-0.1, -0.05) is 18.2 Å². The number of hydrogen-bond acceptors (Lipinski definition) is 4. The Labute approximate surface area is 154 Å². The quantitative estimate of drug-likeness (QED) is 0.736. The molecule has 5 heteroatoms. The molecular formula is C21H25N3O2. The van der Waals surface area contributed by atoms with E-state index in [4.69, 9.17) is 20.3 Å². The van der Waals surface area contributed by atoms with Crippen LogP contribution in [0.2, 0.25) is 0 Å². The number of methoxy groups -OCH3 is 2. The molecule has 0 unspecified atom stereocenters. The lowest BCUT2D eigenvalue weighted by atomic mass is 10.0. The molecule has 2 N–H and O–H groups in total. The molecule has 3 aromatic rings. The molecule has 1 heterocycles.